The summed E-state index contributed by atoms with van der Waals surface area (Å²) in [4.78, 5) is 8.93. The van der Waals surface area contributed by atoms with Gasteiger partial charge in [0.1, 0.15) is 0 Å². The highest BCUT2D eigenvalue weighted by molar-refractivity contribution is 7.89. The zero-order valence-corrected chi connectivity index (χ0v) is 17.0. The first-order valence-electron chi connectivity index (χ1n) is 9.11. The Morgan fingerprint density at radius 2 is 1.90 bits per heavy atom. The molecule has 2 aromatic heterocycles. The van der Waals surface area contributed by atoms with Gasteiger partial charge in [-0.05, 0) is 35.9 Å². The molecule has 3 N–H and O–H groups in total. The Morgan fingerprint density at radius 3 is 2.63 bits per heavy atom. The molecule has 0 aliphatic heterocycles. The first-order valence-corrected chi connectivity index (χ1v) is 10.7. The number of primary sulfonamides is 1. The molecule has 4 aromatic rings. The van der Waals surface area contributed by atoms with Gasteiger partial charge >= 0.3 is 0 Å². The lowest BCUT2D eigenvalue weighted by Gasteiger charge is -2.07. The molecule has 9 nitrogen and oxygen atoms in total. The van der Waals surface area contributed by atoms with Gasteiger partial charge in [-0.1, -0.05) is 12.1 Å². The third kappa shape index (κ3) is 4.46. The smallest absolute Gasteiger partial charge is 0.238 e. The van der Waals surface area contributed by atoms with E-state index >= 15 is 0 Å². The van der Waals surface area contributed by atoms with Crippen LogP contribution in [0.1, 0.15) is 0 Å². The Labute approximate surface area is 173 Å². The molecule has 0 bridgehead atoms. The highest BCUT2D eigenvalue weighted by Gasteiger charge is 2.08. The number of methoxy groups -OCH3 is 1. The molecule has 0 radical (unpaired) electrons. The number of anilines is 2. The largest absolute Gasteiger partial charge is 0.383 e. The van der Waals surface area contributed by atoms with Crippen LogP contribution in [-0.2, 0) is 21.3 Å². The van der Waals surface area contributed by atoms with Gasteiger partial charge in [-0.25, -0.2) is 23.5 Å². The van der Waals surface area contributed by atoms with E-state index < -0.39 is 10.0 Å². The number of nitrogens with zero attached hydrogens (tertiary/aromatic N) is 4. The number of ether oxygens (including phenoxy) is 1. The van der Waals surface area contributed by atoms with E-state index in [0.29, 0.717) is 24.8 Å². The molecule has 0 saturated heterocycles. The van der Waals surface area contributed by atoms with E-state index in [-0.39, 0.29) is 4.90 Å². The summed E-state index contributed by atoms with van der Waals surface area (Å²) in [5.74, 6) is 0.402. The second-order valence-corrected chi connectivity index (χ2v) is 8.21. The number of sulfonamides is 1. The third-order valence-corrected chi connectivity index (χ3v) is 5.44. The molecule has 30 heavy (non-hydrogen) atoms. The fourth-order valence-electron chi connectivity index (χ4n) is 2.94. The maximum Gasteiger partial charge on any atom is 0.238 e. The van der Waals surface area contributed by atoms with Crippen LogP contribution >= 0.6 is 0 Å². The quantitative estimate of drug-likeness (QED) is 0.467. The van der Waals surface area contributed by atoms with Gasteiger partial charge < -0.3 is 10.1 Å². The van der Waals surface area contributed by atoms with Crippen molar-refractivity contribution in [3.8, 4) is 11.1 Å². The van der Waals surface area contributed by atoms with Crippen molar-refractivity contribution in [1.82, 2.24) is 19.7 Å². The minimum Gasteiger partial charge on any atom is -0.383 e. The number of hydrogen-bond acceptors (Lipinski definition) is 7. The summed E-state index contributed by atoms with van der Waals surface area (Å²) in [5, 5.41) is 13.4. The van der Waals surface area contributed by atoms with Crippen LogP contribution in [0, 0.1) is 0 Å². The molecule has 2 heterocycles. The Bertz CT molecular complexity index is 1290. The molecular formula is C20H20N6O3S. The lowest BCUT2D eigenvalue weighted by molar-refractivity contribution is 0.183. The average molecular weight is 424 g/mol. The number of aromatic nitrogens is 4. The fraction of sp³-hybridized carbons (Fsp3) is 0.150. The van der Waals surface area contributed by atoms with Crippen molar-refractivity contribution < 1.29 is 13.2 Å². The molecule has 0 fully saturated rings. The minimum absolute atomic E-state index is 0.0446. The number of fused-ring (bicyclic) bond motifs is 1. The predicted molar refractivity (Wildman–Crippen MR) is 114 cm³/mol. The van der Waals surface area contributed by atoms with Gasteiger partial charge in [-0.15, -0.1) is 0 Å². The Morgan fingerprint density at radius 1 is 1.10 bits per heavy atom. The van der Waals surface area contributed by atoms with Crippen LogP contribution < -0.4 is 10.5 Å². The van der Waals surface area contributed by atoms with Crippen LogP contribution in [0.2, 0.25) is 0 Å². The van der Waals surface area contributed by atoms with Crippen molar-refractivity contribution in [2.75, 3.05) is 19.0 Å². The van der Waals surface area contributed by atoms with E-state index in [0.717, 1.165) is 22.0 Å². The molecule has 0 aliphatic rings. The normalized spacial score (nSPS) is 11.7. The van der Waals surface area contributed by atoms with Gasteiger partial charge in [0.25, 0.3) is 0 Å². The molecule has 4 rings (SSSR count). The standard InChI is InChI=1S/C20H20N6O3S/c1-29-9-8-26-13-16(12-23-26)14-2-3-15-11-22-20(25-19(15)10-14)24-17-4-6-18(7-5-17)30(21,27)28/h2-7,10-13H,8-9H2,1H3,(H2,21,27,28)(H,22,24,25). The molecule has 10 heteroatoms. The van der Waals surface area contributed by atoms with E-state index in [1.54, 1.807) is 25.4 Å². The second-order valence-electron chi connectivity index (χ2n) is 6.65. The Kier molecular flexibility index (Phi) is 5.44. The van der Waals surface area contributed by atoms with E-state index in [9.17, 15) is 8.42 Å². The second kappa shape index (κ2) is 8.19. The lowest BCUT2D eigenvalue weighted by atomic mass is 10.1. The molecule has 0 atom stereocenters. The number of hydrogen-bond donors (Lipinski definition) is 2. The maximum absolute atomic E-state index is 11.4. The first-order chi connectivity index (χ1) is 14.4. The molecule has 2 aromatic carbocycles. The zero-order chi connectivity index (χ0) is 21.1. The summed E-state index contributed by atoms with van der Waals surface area (Å²) < 4.78 is 29.7. The summed E-state index contributed by atoms with van der Waals surface area (Å²) in [6.07, 6.45) is 5.51. The van der Waals surface area contributed by atoms with Crippen LogP contribution in [-0.4, -0.2) is 41.9 Å². The van der Waals surface area contributed by atoms with Crippen LogP contribution in [0.3, 0.4) is 0 Å². The number of nitrogens with two attached hydrogens (primary N) is 1. The first kappa shape index (κ1) is 20.0. The molecule has 154 valence electrons. The van der Waals surface area contributed by atoms with E-state index in [4.69, 9.17) is 9.88 Å². The number of rotatable bonds is 7. The summed E-state index contributed by atoms with van der Waals surface area (Å²) in [7, 11) is -2.07. The van der Waals surface area contributed by atoms with E-state index in [2.05, 4.69) is 20.4 Å². The highest BCUT2D eigenvalue weighted by atomic mass is 32.2. The van der Waals surface area contributed by atoms with Crippen LogP contribution in [0.4, 0.5) is 11.6 Å². The van der Waals surface area contributed by atoms with Crippen molar-refractivity contribution in [3.63, 3.8) is 0 Å². The van der Waals surface area contributed by atoms with Crippen molar-refractivity contribution in [2.45, 2.75) is 11.4 Å². The van der Waals surface area contributed by atoms with Crippen LogP contribution in [0.25, 0.3) is 22.0 Å². The van der Waals surface area contributed by atoms with Crippen molar-refractivity contribution in [2.24, 2.45) is 5.14 Å². The van der Waals surface area contributed by atoms with Crippen molar-refractivity contribution >= 4 is 32.6 Å². The molecule has 0 spiro atoms. The maximum atomic E-state index is 11.4. The predicted octanol–water partition coefficient (Wildman–Crippen LogP) is 2.53. The molecular weight excluding hydrogens is 404 g/mol. The summed E-state index contributed by atoms with van der Waals surface area (Å²) >= 11 is 0. The number of benzene rings is 2. The minimum atomic E-state index is -3.73. The summed E-state index contributed by atoms with van der Waals surface area (Å²) in [6.45, 7) is 1.28. The van der Waals surface area contributed by atoms with Crippen LogP contribution in [0.5, 0.6) is 0 Å². The van der Waals surface area contributed by atoms with Gasteiger partial charge in [-0.2, -0.15) is 5.10 Å². The van der Waals surface area contributed by atoms with Gasteiger partial charge in [0.2, 0.25) is 16.0 Å². The van der Waals surface area contributed by atoms with Crippen molar-refractivity contribution in [3.05, 3.63) is 61.1 Å². The number of nitrogens with one attached hydrogen (secondary N) is 1. The Hall–Kier alpha value is -3.34. The van der Waals surface area contributed by atoms with Gasteiger partial charge in [0, 0.05) is 36.1 Å². The zero-order valence-electron chi connectivity index (χ0n) is 16.2. The highest BCUT2D eigenvalue weighted by Crippen LogP contribution is 2.24. The third-order valence-electron chi connectivity index (χ3n) is 4.51. The van der Waals surface area contributed by atoms with E-state index in [1.165, 1.54) is 12.1 Å². The topological polar surface area (TPSA) is 125 Å². The molecule has 0 aliphatic carbocycles. The fourth-order valence-corrected chi connectivity index (χ4v) is 3.46. The monoisotopic (exact) mass is 424 g/mol. The summed E-state index contributed by atoms with van der Waals surface area (Å²) in [5.41, 5.74) is 3.40. The van der Waals surface area contributed by atoms with E-state index in [1.807, 2.05) is 35.3 Å². The van der Waals surface area contributed by atoms with Crippen molar-refractivity contribution in [1.29, 1.82) is 0 Å². The van der Waals surface area contributed by atoms with Crippen LogP contribution in [0.15, 0.2) is 66.0 Å². The molecule has 0 amide bonds. The molecule has 0 unspecified atom stereocenters. The van der Waals surface area contributed by atoms with Gasteiger partial charge in [0.05, 0.1) is 29.8 Å². The van der Waals surface area contributed by atoms with Gasteiger partial charge in [-0.3, -0.25) is 4.68 Å². The van der Waals surface area contributed by atoms with Gasteiger partial charge in [0.15, 0.2) is 0 Å². The SMILES string of the molecule is COCCn1cc(-c2ccc3cnc(Nc4ccc(S(N)(=O)=O)cc4)nc3c2)cn1. The summed E-state index contributed by atoms with van der Waals surface area (Å²) in [6, 6.07) is 12.0. The average Bonchev–Trinajstić information content (AvgIpc) is 3.20. The molecule has 0 saturated carbocycles. The Balaban J connectivity index is 1.58. The lowest BCUT2D eigenvalue weighted by Crippen LogP contribution is -2.11.